The predicted octanol–water partition coefficient (Wildman–Crippen LogP) is 3.04. The van der Waals surface area contributed by atoms with E-state index in [-0.39, 0.29) is 17.0 Å². The lowest BCUT2D eigenvalue weighted by Gasteiger charge is -2.08. The molecule has 0 aliphatic carbocycles. The lowest BCUT2D eigenvalue weighted by Crippen LogP contribution is -2.30. The SMILES string of the molecule is Nc1cc(C(=O)OCC(=O)NCCc2ccc(OC(F)F)cc2)ccc1Cl. The van der Waals surface area contributed by atoms with Crippen molar-refractivity contribution in [3.8, 4) is 5.75 Å². The first-order chi connectivity index (χ1) is 12.8. The topological polar surface area (TPSA) is 90.7 Å². The van der Waals surface area contributed by atoms with Crippen LogP contribution < -0.4 is 15.8 Å². The quantitative estimate of drug-likeness (QED) is 0.527. The first-order valence-electron chi connectivity index (χ1n) is 7.88. The summed E-state index contributed by atoms with van der Waals surface area (Å²) in [5.41, 5.74) is 6.86. The fraction of sp³-hybridized carbons (Fsp3) is 0.222. The van der Waals surface area contributed by atoms with Crippen LogP contribution in [0, 0.1) is 0 Å². The van der Waals surface area contributed by atoms with E-state index in [1.165, 1.54) is 30.3 Å². The molecule has 0 spiro atoms. The highest BCUT2D eigenvalue weighted by Gasteiger charge is 2.11. The second kappa shape index (κ2) is 9.72. The van der Waals surface area contributed by atoms with E-state index in [9.17, 15) is 18.4 Å². The summed E-state index contributed by atoms with van der Waals surface area (Å²) in [5.74, 6) is -1.10. The van der Waals surface area contributed by atoms with E-state index in [4.69, 9.17) is 22.1 Å². The van der Waals surface area contributed by atoms with Gasteiger partial charge in [0.2, 0.25) is 0 Å². The molecule has 0 radical (unpaired) electrons. The summed E-state index contributed by atoms with van der Waals surface area (Å²) >= 11 is 5.77. The number of rotatable bonds is 8. The zero-order valence-corrected chi connectivity index (χ0v) is 14.8. The number of nitrogen functional groups attached to an aromatic ring is 1. The molecule has 2 aromatic carbocycles. The van der Waals surface area contributed by atoms with Crippen molar-refractivity contribution in [1.82, 2.24) is 5.32 Å². The van der Waals surface area contributed by atoms with Gasteiger partial charge in [-0.05, 0) is 42.3 Å². The monoisotopic (exact) mass is 398 g/mol. The van der Waals surface area contributed by atoms with Gasteiger partial charge in [0.1, 0.15) is 5.75 Å². The Hall–Kier alpha value is -2.87. The molecule has 6 nitrogen and oxygen atoms in total. The zero-order chi connectivity index (χ0) is 19.8. The van der Waals surface area contributed by atoms with Crippen LogP contribution in [0.5, 0.6) is 5.75 Å². The van der Waals surface area contributed by atoms with E-state index in [0.717, 1.165) is 5.56 Å². The van der Waals surface area contributed by atoms with Gasteiger partial charge in [0.25, 0.3) is 5.91 Å². The normalized spacial score (nSPS) is 10.5. The number of ether oxygens (including phenoxy) is 2. The summed E-state index contributed by atoms with van der Waals surface area (Å²) in [6.07, 6.45) is 0.475. The summed E-state index contributed by atoms with van der Waals surface area (Å²) in [5, 5.41) is 2.91. The van der Waals surface area contributed by atoms with Gasteiger partial charge in [-0.25, -0.2) is 4.79 Å². The molecule has 2 rings (SSSR count). The van der Waals surface area contributed by atoms with E-state index < -0.39 is 25.1 Å². The number of hydrogen-bond donors (Lipinski definition) is 2. The summed E-state index contributed by atoms with van der Waals surface area (Å²) in [6, 6.07) is 10.4. The molecule has 0 aliphatic rings. The average molecular weight is 399 g/mol. The molecule has 0 saturated carbocycles. The second-order valence-electron chi connectivity index (χ2n) is 5.43. The lowest BCUT2D eigenvalue weighted by atomic mass is 10.1. The summed E-state index contributed by atoms with van der Waals surface area (Å²) < 4.78 is 33.3. The third kappa shape index (κ3) is 6.74. The first-order valence-corrected chi connectivity index (χ1v) is 8.25. The van der Waals surface area contributed by atoms with Gasteiger partial charge in [0.15, 0.2) is 6.61 Å². The van der Waals surface area contributed by atoms with Crippen LogP contribution in [0.3, 0.4) is 0 Å². The smallest absolute Gasteiger partial charge is 0.387 e. The first kappa shape index (κ1) is 20.4. The lowest BCUT2D eigenvalue weighted by molar-refractivity contribution is -0.124. The van der Waals surface area contributed by atoms with Crippen molar-refractivity contribution in [3.63, 3.8) is 0 Å². The number of nitrogens with two attached hydrogens (primary N) is 1. The van der Waals surface area contributed by atoms with Crippen LogP contribution in [-0.4, -0.2) is 31.6 Å². The number of carbonyl (C=O) groups excluding carboxylic acids is 2. The highest BCUT2D eigenvalue weighted by atomic mass is 35.5. The van der Waals surface area contributed by atoms with Gasteiger partial charge in [0, 0.05) is 6.54 Å². The van der Waals surface area contributed by atoms with Crippen LogP contribution in [0.4, 0.5) is 14.5 Å². The molecular formula is C18H17ClF2N2O4. The number of amides is 1. The molecule has 0 atom stereocenters. The Bertz CT molecular complexity index is 800. The molecule has 0 aromatic heterocycles. The van der Waals surface area contributed by atoms with Crippen molar-refractivity contribution in [2.75, 3.05) is 18.9 Å². The van der Waals surface area contributed by atoms with Crippen molar-refractivity contribution in [2.45, 2.75) is 13.0 Å². The number of alkyl halides is 2. The van der Waals surface area contributed by atoms with Crippen molar-refractivity contribution in [2.24, 2.45) is 0 Å². The van der Waals surface area contributed by atoms with Crippen molar-refractivity contribution >= 4 is 29.2 Å². The summed E-state index contributed by atoms with van der Waals surface area (Å²) in [4.78, 5) is 23.6. The van der Waals surface area contributed by atoms with Gasteiger partial charge in [-0.1, -0.05) is 23.7 Å². The van der Waals surface area contributed by atoms with E-state index in [2.05, 4.69) is 10.1 Å². The number of carbonyl (C=O) groups is 2. The number of anilines is 1. The van der Waals surface area contributed by atoms with Gasteiger partial charge >= 0.3 is 12.6 Å². The largest absolute Gasteiger partial charge is 0.452 e. The minimum atomic E-state index is -2.87. The van der Waals surface area contributed by atoms with Crippen molar-refractivity contribution < 1.29 is 27.8 Å². The maximum Gasteiger partial charge on any atom is 0.387 e. The number of nitrogens with one attached hydrogen (secondary N) is 1. The van der Waals surface area contributed by atoms with Crippen molar-refractivity contribution in [3.05, 3.63) is 58.6 Å². The molecule has 0 aliphatic heterocycles. The van der Waals surface area contributed by atoms with Gasteiger partial charge < -0.3 is 20.5 Å². The number of halogens is 3. The van der Waals surface area contributed by atoms with Crippen LogP contribution >= 0.6 is 11.6 Å². The Morgan fingerprint density at radius 2 is 1.85 bits per heavy atom. The molecule has 0 bridgehead atoms. The molecular weight excluding hydrogens is 382 g/mol. The molecule has 0 fully saturated rings. The molecule has 0 heterocycles. The Morgan fingerprint density at radius 3 is 2.48 bits per heavy atom. The second-order valence-corrected chi connectivity index (χ2v) is 5.84. The Kier molecular flexibility index (Phi) is 7.36. The van der Waals surface area contributed by atoms with Crippen LogP contribution in [0.25, 0.3) is 0 Å². The maximum absolute atomic E-state index is 12.1. The zero-order valence-electron chi connectivity index (χ0n) is 14.1. The van der Waals surface area contributed by atoms with Gasteiger partial charge in [0.05, 0.1) is 16.3 Å². The molecule has 0 unspecified atom stereocenters. The molecule has 0 saturated heterocycles. The van der Waals surface area contributed by atoms with Crippen LogP contribution in [0.1, 0.15) is 15.9 Å². The minimum absolute atomic E-state index is 0.0625. The maximum atomic E-state index is 12.1. The Balaban J connectivity index is 1.71. The standard InChI is InChI=1S/C18H17ClF2N2O4/c19-14-6-3-12(9-15(14)22)17(25)26-10-16(24)23-8-7-11-1-4-13(5-2-11)27-18(20)21/h1-6,9,18H,7-8,10,22H2,(H,23,24). The fourth-order valence-electron chi connectivity index (χ4n) is 2.12. The van der Waals surface area contributed by atoms with Crippen LogP contribution in [0.2, 0.25) is 5.02 Å². The Morgan fingerprint density at radius 1 is 1.15 bits per heavy atom. The molecule has 3 N–H and O–H groups in total. The van der Waals surface area contributed by atoms with Crippen molar-refractivity contribution in [1.29, 1.82) is 0 Å². The number of hydrogen-bond acceptors (Lipinski definition) is 5. The molecule has 2 aromatic rings. The van der Waals surface area contributed by atoms with Gasteiger partial charge in [-0.15, -0.1) is 0 Å². The van der Waals surface area contributed by atoms with E-state index in [1.807, 2.05) is 0 Å². The predicted molar refractivity (Wildman–Crippen MR) is 95.9 cm³/mol. The number of esters is 1. The summed E-state index contributed by atoms with van der Waals surface area (Å²) in [7, 11) is 0. The minimum Gasteiger partial charge on any atom is -0.452 e. The third-order valence-electron chi connectivity index (χ3n) is 3.45. The van der Waals surface area contributed by atoms with Crippen LogP contribution in [0.15, 0.2) is 42.5 Å². The third-order valence-corrected chi connectivity index (χ3v) is 3.79. The van der Waals surface area contributed by atoms with Gasteiger partial charge in [-0.3, -0.25) is 4.79 Å². The van der Waals surface area contributed by atoms with Crippen LogP contribution in [-0.2, 0) is 16.0 Å². The Labute approximate surface area is 159 Å². The van der Waals surface area contributed by atoms with Gasteiger partial charge in [-0.2, -0.15) is 8.78 Å². The molecule has 144 valence electrons. The summed E-state index contributed by atoms with van der Waals surface area (Å²) in [6.45, 7) is -3.02. The van der Waals surface area contributed by atoms with E-state index in [0.29, 0.717) is 18.0 Å². The highest BCUT2D eigenvalue weighted by Crippen LogP contribution is 2.20. The molecule has 27 heavy (non-hydrogen) atoms. The molecule has 9 heteroatoms. The van der Waals surface area contributed by atoms with E-state index in [1.54, 1.807) is 12.1 Å². The fourth-order valence-corrected chi connectivity index (χ4v) is 2.24. The number of benzene rings is 2. The molecule has 1 amide bonds. The van der Waals surface area contributed by atoms with E-state index >= 15 is 0 Å². The highest BCUT2D eigenvalue weighted by molar-refractivity contribution is 6.33. The average Bonchev–Trinajstić information content (AvgIpc) is 2.63.